The molecular formula is C38H48N2O7. The lowest BCUT2D eigenvalue weighted by atomic mass is 9.77. The molecule has 3 aromatic carbocycles. The number of hydrogen-bond acceptors (Lipinski definition) is 7. The van der Waals surface area contributed by atoms with Gasteiger partial charge in [-0.1, -0.05) is 54.6 Å². The van der Waals surface area contributed by atoms with Gasteiger partial charge in [0.25, 0.3) is 0 Å². The molecule has 1 heterocycles. The maximum atomic E-state index is 14.8. The summed E-state index contributed by atoms with van der Waals surface area (Å²) in [6.45, 7) is 7.09. The van der Waals surface area contributed by atoms with Crippen molar-refractivity contribution >= 4 is 12.0 Å². The standard InChI is InChI=1S/C38H48N2O7/c1-38(2,3)47-37(43)39-24-33(35(34(41)25-39)29-14-9-13-28(21-29)27-11-7-6-8-12-27)36(42)40(30-15-16-30)23-26-19-31(45-5)22-32(20-26)46-18-10-17-44-4/h6-9,11-14,19-22,30,33-35,41H,10,15-18,23-25H2,1-5H3/t33-,34+,35+/m0/s1. The quantitative estimate of drug-likeness (QED) is 0.232. The molecule has 2 fully saturated rings. The van der Waals surface area contributed by atoms with Gasteiger partial charge in [-0.15, -0.1) is 0 Å². The Kier molecular flexibility index (Phi) is 11.1. The third kappa shape index (κ3) is 9.05. The first-order valence-corrected chi connectivity index (χ1v) is 16.5. The molecule has 5 rings (SSSR count). The molecule has 0 bridgehead atoms. The molecule has 1 aliphatic carbocycles. The van der Waals surface area contributed by atoms with Gasteiger partial charge in [0.15, 0.2) is 0 Å². The minimum atomic E-state index is -0.971. The maximum Gasteiger partial charge on any atom is 0.410 e. The number of likely N-dealkylation sites (tertiary alicyclic amines) is 1. The molecule has 0 aromatic heterocycles. The number of aliphatic hydroxyl groups is 1. The maximum absolute atomic E-state index is 14.8. The molecule has 1 saturated heterocycles. The van der Waals surface area contributed by atoms with Crippen molar-refractivity contribution in [1.29, 1.82) is 0 Å². The van der Waals surface area contributed by atoms with E-state index in [0.29, 0.717) is 31.3 Å². The van der Waals surface area contributed by atoms with Gasteiger partial charge in [-0.2, -0.15) is 0 Å². The number of rotatable bonds is 12. The van der Waals surface area contributed by atoms with Gasteiger partial charge in [0.1, 0.15) is 17.1 Å². The number of ether oxygens (including phenoxy) is 4. The molecule has 1 aliphatic heterocycles. The molecule has 9 heteroatoms. The van der Waals surface area contributed by atoms with Crippen LogP contribution < -0.4 is 9.47 Å². The van der Waals surface area contributed by atoms with Gasteiger partial charge in [0.2, 0.25) is 5.91 Å². The summed E-state index contributed by atoms with van der Waals surface area (Å²) < 4.78 is 22.4. The normalized spacial score (nSPS) is 19.6. The van der Waals surface area contributed by atoms with Crippen LogP contribution in [0.3, 0.4) is 0 Å². The van der Waals surface area contributed by atoms with Crippen LogP contribution in [0.2, 0.25) is 0 Å². The number of piperidine rings is 1. The zero-order valence-corrected chi connectivity index (χ0v) is 28.2. The highest BCUT2D eigenvalue weighted by Gasteiger charge is 2.46. The van der Waals surface area contributed by atoms with E-state index in [0.717, 1.165) is 41.5 Å². The fraction of sp³-hybridized carbons (Fsp3) is 0.474. The second-order valence-electron chi connectivity index (χ2n) is 13.5. The second-order valence-corrected chi connectivity index (χ2v) is 13.5. The number of amides is 2. The third-order valence-electron chi connectivity index (χ3n) is 8.58. The third-order valence-corrected chi connectivity index (χ3v) is 8.58. The van der Waals surface area contributed by atoms with E-state index in [-0.39, 0.29) is 25.0 Å². The average molecular weight is 645 g/mol. The van der Waals surface area contributed by atoms with Crippen LogP contribution in [0.5, 0.6) is 11.5 Å². The zero-order chi connectivity index (χ0) is 33.6. The molecule has 3 atom stereocenters. The monoisotopic (exact) mass is 644 g/mol. The Morgan fingerprint density at radius 1 is 0.894 bits per heavy atom. The molecular weight excluding hydrogens is 596 g/mol. The Morgan fingerprint density at radius 3 is 2.30 bits per heavy atom. The SMILES string of the molecule is COCCCOc1cc(CN(C(=O)[C@H]2CN(C(=O)OC(C)(C)C)C[C@@H](O)[C@@H]2c2cccc(-c3ccccc3)c2)C2CC2)cc(OC)c1. The molecule has 2 aliphatic rings. The average Bonchev–Trinajstić information content (AvgIpc) is 3.90. The van der Waals surface area contributed by atoms with E-state index in [2.05, 4.69) is 6.07 Å². The topological polar surface area (TPSA) is 97.8 Å². The highest BCUT2D eigenvalue weighted by Crippen LogP contribution is 2.40. The summed E-state index contributed by atoms with van der Waals surface area (Å²) in [5.74, 6) is 0.00956. The van der Waals surface area contributed by atoms with Gasteiger partial charge in [-0.25, -0.2) is 4.79 Å². The second kappa shape index (κ2) is 15.2. The van der Waals surface area contributed by atoms with Gasteiger partial charge in [-0.3, -0.25) is 4.79 Å². The van der Waals surface area contributed by atoms with Crippen LogP contribution >= 0.6 is 0 Å². The predicted octanol–water partition coefficient (Wildman–Crippen LogP) is 6.28. The van der Waals surface area contributed by atoms with E-state index in [1.807, 2.05) is 92.4 Å². The van der Waals surface area contributed by atoms with Gasteiger partial charge in [0, 0.05) is 51.3 Å². The Morgan fingerprint density at radius 2 is 1.62 bits per heavy atom. The Hall–Kier alpha value is -4.08. The summed E-state index contributed by atoms with van der Waals surface area (Å²) in [5.41, 5.74) is 3.09. The zero-order valence-electron chi connectivity index (χ0n) is 28.2. The Balaban J connectivity index is 1.46. The first-order chi connectivity index (χ1) is 22.6. The summed E-state index contributed by atoms with van der Waals surface area (Å²) in [6, 6.07) is 23.9. The Bertz CT molecular complexity index is 1500. The van der Waals surface area contributed by atoms with Gasteiger partial charge in [0.05, 0.1) is 32.3 Å². The van der Waals surface area contributed by atoms with Crippen molar-refractivity contribution in [3.63, 3.8) is 0 Å². The minimum Gasteiger partial charge on any atom is -0.497 e. The first-order valence-electron chi connectivity index (χ1n) is 16.5. The van der Waals surface area contributed by atoms with Crippen molar-refractivity contribution in [2.75, 3.05) is 40.5 Å². The number of methoxy groups -OCH3 is 2. The summed E-state index contributed by atoms with van der Waals surface area (Å²) >= 11 is 0. The number of carbonyl (C=O) groups is 2. The number of carbonyl (C=O) groups excluding carboxylic acids is 2. The number of aliphatic hydroxyl groups excluding tert-OH is 1. The van der Waals surface area contributed by atoms with E-state index >= 15 is 0 Å². The van der Waals surface area contributed by atoms with E-state index in [1.54, 1.807) is 14.2 Å². The minimum absolute atomic E-state index is 0.0714. The highest BCUT2D eigenvalue weighted by atomic mass is 16.6. The fourth-order valence-electron chi connectivity index (χ4n) is 6.25. The summed E-state index contributed by atoms with van der Waals surface area (Å²) in [5, 5.41) is 11.7. The molecule has 1 saturated carbocycles. The predicted molar refractivity (Wildman–Crippen MR) is 180 cm³/mol. The van der Waals surface area contributed by atoms with Crippen LogP contribution in [-0.4, -0.2) is 85.2 Å². The summed E-state index contributed by atoms with van der Waals surface area (Å²) in [7, 11) is 3.27. The van der Waals surface area contributed by atoms with Crippen LogP contribution in [-0.2, 0) is 20.8 Å². The first kappa shape index (κ1) is 34.3. The lowest BCUT2D eigenvalue weighted by Gasteiger charge is -2.43. The van der Waals surface area contributed by atoms with Gasteiger partial charge in [-0.05, 0) is 68.0 Å². The molecule has 9 nitrogen and oxygen atoms in total. The van der Waals surface area contributed by atoms with Crippen LogP contribution in [0.25, 0.3) is 11.1 Å². The van der Waals surface area contributed by atoms with Crippen molar-refractivity contribution in [2.24, 2.45) is 5.92 Å². The smallest absolute Gasteiger partial charge is 0.410 e. The van der Waals surface area contributed by atoms with Crippen molar-refractivity contribution in [1.82, 2.24) is 9.80 Å². The number of β-amino-alcohol motifs (C(OH)–C–C–N with tert-alkyl or cyclic N) is 1. The van der Waals surface area contributed by atoms with Crippen LogP contribution in [0.15, 0.2) is 72.8 Å². The molecule has 47 heavy (non-hydrogen) atoms. The fourth-order valence-corrected chi connectivity index (χ4v) is 6.25. The van der Waals surface area contributed by atoms with Crippen molar-refractivity contribution in [3.05, 3.63) is 83.9 Å². The molecule has 2 amide bonds. The van der Waals surface area contributed by atoms with E-state index in [4.69, 9.17) is 18.9 Å². The van der Waals surface area contributed by atoms with Crippen molar-refractivity contribution in [2.45, 2.75) is 70.2 Å². The molecule has 3 aromatic rings. The largest absolute Gasteiger partial charge is 0.497 e. The molecule has 0 radical (unpaired) electrons. The van der Waals surface area contributed by atoms with Crippen LogP contribution in [0.4, 0.5) is 4.79 Å². The summed E-state index contributed by atoms with van der Waals surface area (Å²) in [6.07, 6.45) is 1.04. The van der Waals surface area contributed by atoms with Gasteiger partial charge < -0.3 is 33.9 Å². The number of benzene rings is 3. The number of nitrogens with zero attached hydrogens (tertiary/aromatic N) is 2. The van der Waals surface area contributed by atoms with E-state index in [1.165, 1.54) is 4.90 Å². The van der Waals surface area contributed by atoms with E-state index < -0.39 is 29.6 Å². The molecule has 252 valence electrons. The van der Waals surface area contributed by atoms with E-state index in [9.17, 15) is 14.7 Å². The van der Waals surface area contributed by atoms with Crippen LogP contribution in [0.1, 0.15) is 57.1 Å². The van der Waals surface area contributed by atoms with Crippen molar-refractivity contribution < 1.29 is 33.6 Å². The number of hydrogen-bond donors (Lipinski definition) is 1. The van der Waals surface area contributed by atoms with Crippen molar-refractivity contribution in [3.8, 4) is 22.6 Å². The lowest BCUT2D eigenvalue weighted by molar-refractivity contribution is -0.141. The molecule has 0 unspecified atom stereocenters. The Labute approximate surface area is 278 Å². The van der Waals surface area contributed by atoms with Crippen LogP contribution in [0, 0.1) is 5.92 Å². The molecule has 0 spiro atoms. The highest BCUT2D eigenvalue weighted by molar-refractivity contribution is 5.82. The molecule has 1 N–H and O–H groups in total. The van der Waals surface area contributed by atoms with Gasteiger partial charge >= 0.3 is 6.09 Å². The lowest BCUT2D eigenvalue weighted by Crippen LogP contribution is -2.56. The summed E-state index contributed by atoms with van der Waals surface area (Å²) in [4.78, 5) is 31.4.